The Morgan fingerprint density at radius 3 is 2.28 bits per heavy atom. The number of carbonyl (C=O) groups is 2. The molecule has 0 spiro atoms. The number of nitro benzene ring substituents is 1. The van der Waals surface area contributed by atoms with Gasteiger partial charge in [0, 0.05) is 16.8 Å². The lowest BCUT2D eigenvalue weighted by Gasteiger charge is -2.19. The minimum atomic E-state index is -0.624. The number of nitrogens with one attached hydrogen (secondary N) is 2. The van der Waals surface area contributed by atoms with Gasteiger partial charge in [-0.3, -0.25) is 24.6 Å². The average Bonchev–Trinajstić information content (AvgIpc) is 2.69. The Kier molecular flexibility index (Phi) is 7.93. The highest BCUT2D eigenvalue weighted by molar-refractivity contribution is 6.31. The summed E-state index contributed by atoms with van der Waals surface area (Å²) in [6, 6.07) is 10.8. The summed E-state index contributed by atoms with van der Waals surface area (Å²) in [5.74, 6) is -0.0945. The summed E-state index contributed by atoms with van der Waals surface area (Å²) in [4.78, 5) is 36.6. The number of hydrogen-bond acceptors (Lipinski definition) is 6. The number of hydrogen-bond donors (Lipinski definition) is 2. The molecule has 0 aliphatic carbocycles. The van der Waals surface area contributed by atoms with E-state index in [0.717, 1.165) is 6.07 Å². The third kappa shape index (κ3) is 6.74. The molecule has 0 fully saturated rings. The fourth-order valence-electron chi connectivity index (χ4n) is 2.51. The second-order valence-corrected chi connectivity index (χ2v) is 6.48. The number of benzene rings is 2. The Morgan fingerprint density at radius 1 is 1.10 bits per heavy atom. The van der Waals surface area contributed by atoms with Crippen molar-refractivity contribution in [2.45, 2.75) is 6.92 Å². The minimum Gasteiger partial charge on any atom is -0.497 e. The number of anilines is 2. The fourth-order valence-corrected chi connectivity index (χ4v) is 2.68. The molecule has 2 N–H and O–H groups in total. The third-order valence-corrected chi connectivity index (χ3v) is 4.22. The molecule has 0 radical (unpaired) electrons. The zero-order chi connectivity index (χ0) is 21.4. The highest BCUT2D eigenvalue weighted by Crippen LogP contribution is 2.27. The van der Waals surface area contributed by atoms with E-state index in [0.29, 0.717) is 18.0 Å². The number of amides is 2. The molecule has 0 saturated heterocycles. The number of ether oxygens (including phenoxy) is 1. The Balaban J connectivity index is 1.94. The summed E-state index contributed by atoms with van der Waals surface area (Å²) in [5.41, 5.74) is 0.349. The zero-order valence-corrected chi connectivity index (χ0v) is 16.7. The van der Waals surface area contributed by atoms with Crippen molar-refractivity contribution in [3.8, 4) is 5.75 Å². The summed E-state index contributed by atoms with van der Waals surface area (Å²) in [6.45, 7) is 2.12. The standard InChI is InChI=1S/C19H21ClN4O5/c1-3-23(11-18(25)21-14-5-7-15(29-2)8-6-14)12-19(26)22-16-9-4-13(20)10-17(16)24(27)28/h4-10H,3,11-12H2,1-2H3,(H,21,25)(H,22,26). The molecule has 29 heavy (non-hydrogen) atoms. The molecular formula is C19H21ClN4O5. The van der Waals surface area contributed by atoms with Crippen LogP contribution in [0.1, 0.15) is 6.92 Å². The second-order valence-electron chi connectivity index (χ2n) is 6.05. The number of methoxy groups -OCH3 is 1. The first-order valence-corrected chi connectivity index (χ1v) is 9.10. The van der Waals surface area contributed by atoms with Crippen LogP contribution < -0.4 is 15.4 Å². The van der Waals surface area contributed by atoms with Crippen molar-refractivity contribution in [1.29, 1.82) is 0 Å². The molecular weight excluding hydrogens is 400 g/mol. The molecule has 0 unspecified atom stereocenters. The van der Waals surface area contributed by atoms with Crippen LogP contribution in [0.3, 0.4) is 0 Å². The van der Waals surface area contributed by atoms with Gasteiger partial charge in [0.15, 0.2) is 0 Å². The number of carbonyl (C=O) groups excluding carboxylic acids is 2. The molecule has 154 valence electrons. The van der Waals surface area contributed by atoms with E-state index in [1.54, 1.807) is 43.2 Å². The number of rotatable bonds is 9. The number of halogens is 1. The van der Waals surface area contributed by atoms with Crippen molar-refractivity contribution in [2.75, 3.05) is 37.4 Å². The fraction of sp³-hybridized carbons (Fsp3) is 0.263. The summed E-state index contributed by atoms with van der Waals surface area (Å²) >= 11 is 5.77. The van der Waals surface area contributed by atoms with Gasteiger partial charge in [-0.15, -0.1) is 0 Å². The average molecular weight is 421 g/mol. The molecule has 2 rings (SSSR count). The number of likely N-dealkylation sites (N-methyl/N-ethyl adjacent to an activating group) is 1. The topological polar surface area (TPSA) is 114 Å². The van der Waals surface area contributed by atoms with Gasteiger partial charge in [-0.05, 0) is 42.9 Å². The van der Waals surface area contributed by atoms with Crippen LogP contribution in [0.4, 0.5) is 17.1 Å². The van der Waals surface area contributed by atoms with E-state index in [9.17, 15) is 19.7 Å². The highest BCUT2D eigenvalue weighted by atomic mass is 35.5. The third-order valence-electron chi connectivity index (χ3n) is 3.99. The van der Waals surface area contributed by atoms with Crippen molar-refractivity contribution in [2.24, 2.45) is 0 Å². The van der Waals surface area contributed by atoms with E-state index < -0.39 is 10.8 Å². The first kappa shape index (κ1) is 22.1. The van der Waals surface area contributed by atoms with Crippen LogP contribution >= 0.6 is 11.6 Å². The lowest BCUT2D eigenvalue weighted by molar-refractivity contribution is -0.383. The van der Waals surface area contributed by atoms with Crippen molar-refractivity contribution >= 4 is 40.5 Å². The van der Waals surface area contributed by atoms with Crippen molar-refractivity contribution in [3.63, 3.8) is 0 Å². The molecule has 0 atom stereocenters. The minimum absolute atomic E-state index is 0.0152. The lowest BCUT2D eigenvalue weighted by atomic mass is 10.2. The van der Waals surface area contributed by atoms with E-state index in [-0.39, 0.29) is 35.4 Å². The molecule has 0 aliphatic rings. The molecule has 0 aliphatic heterocycles. The Bertz CT molecular complexity index is 889. The van der Waals surface area contributed by atoms with Crippen molar-refractivity contribution in [3.05, 3.63) is 57.6 Å². The van der Waals surface area contributed by atoms with Crippen molar-refractivity contribution in [1.82, 2.24) is 4.90 Å². The van der Waals surface area contributed by atoms with E-state index >= 15 is 0 Å². The van der Waals surface area contributed by atoms with Gasteiger partial charge in [0.05, 0.1) is 25.1 Å². The zero-order valence-electron chi connectivity index (χ0n) is 16.0. The highest BCUT2D eigenvalue weighted by Gasteiger charge is 2.19. The van der Waals surface area contributed by atoms with E-state index in [4.69, 9.17) is 16.3 Å². The molecule has 0 bridgehead atoms. The van der Waals surface area contributed by atoms with Gasteiger partial charge in [0.1, 0.15) is 11.4 Å². The monoisotopic (exact) mass is 420 g/mol. The van der Waals surface area contributed by atoms with Gasteiger partial charge in [0.2, 0.25) is 11.8 Å². The van der Waals surface area contributed by atoms with Crippen LogP contribution in [-0.2, 0) is 9.59 Å². The molecule has 0 saturated carbocycles. The molecule has 10 heteroatoms. The predicted octanol–water partition coefficient (Wildman–Crippen LogP) is 3.16. The normalized spacial score (nSPS) is 10.5. The van der Waals surface area contributed by atoms with Gasteiger partial charge >= 0.3 is 0 Å². The SMILES string of the molecule is CCN(CC(=O)Nc1ccc(OC)cc1)CC(=O)Nc1ccc(Cl)cc1[N+](=O)[O-]. The maximum absolute atomic E-state index is 12.3. The van der Waals surface area contributed by atoms with E-state index in [2.05, 4.69) is 10.6 Å². The molecule has 2 aromatic rings. The first-order valence-electron chi connectivity index (χ1n) is 8.72. The maximum atomic E-state index is 12.3. The summed E-state index contributed by atoms with van der Waals surface area (Å²) in [7, 11) is 1.55. The van der Waals surface area contributed by atoms with Gasteiger partial charge in [-0.2, -0.15) is 0 Å². The van der Waals surface area contributed by atoms with Crippen LogP contribution in [0.25, 0.3) is 0 Å². The van der Waals surface area contributed by atoms with Crippen molar-refractivity contribution < 1.29 is 19.2 Å². The Hall–Kier alpha value is -3.17. The van der Waals surface area contributed by atoms with Crippen LogP contribution in [0.15, 0.2) is 42.5 Å². The molecule has 0 heterocycles. The Morgan fingerprint density at radius 2 is 1.72 bits per heavy atom. The molecule has 0 aromatic heterocycles. The summed E-state index contributed by atoms with van der Waals surface area (Å²) in [5, 5.41) is 16.5. The predicted molar refractivity (Wildman–Crippen MR) is 110 cm³/mol. The van der Waals surface area contributed by atoms with Gasteiger partial charge in [-0.1, -0.05) is 18.5 Å². The number of nitro groups is 1. The van der Waals surface area contributed by atoms with Gasteiger partial charge < -0.3 is 15.4 Å². The van der Waals surface area contributed by atoms with Crippen LogP contribution in [0.2, 0.25) is 5.02 Å². The smallest absolute Gasteiger partial charge is 0.294 e. The first-order chi connectivity index (χ1) is 13.8. The molecule has 2 amide bonds. The molecule has 9 nitrogen and oxygen atoms in total. The van der Waals surface area contributed by atoms with Gasteiger partial charge in [-0.25, -0.2) is 0 Å². The maximum Gasteiger partial charge on any atom is 0.294 e. The largest absolute Gasteiger partial charge is 0.497 e. The van der Waals surface area contributed by atoms with Crippen LogP contribution in [0, 0.1) is 10.1 Å². The quantitative estimate of drug-likeness (QED) is 0.475. The van der Waals surface area contributed by atoms with Crippen LogP contribution in [-0.4, -0.2) is 48.4 Å². The Labute approximate surface area is 172 Å². The second kappa shape index (κ2) is 10.4. The van der Waals surface area contributed by atoms with Crippen LogP contribution in [0.5, 0.6) is 5.75 Å². The number of nitrogens with zero attached hydrogens (tertiary/aromatic N) is 2. The van der Waals surface area contributed by atoms with Gasteiger partial charge in [0.25, 0.3) is 5.69 Å². The lowest BCUT2D eigenvalue weighted by Crippen LogP contribution is -2.38. The van der Waals surface area contributed by atoms with E-state index in [1.807, 2.05) is 0 Å². The summed E-state index contributed by atoms with van der Waals surface area (Å²) < 4.78 is 5.06. The molecule has 2 aromatic carbocycles. The van der Waals surface area contributed by atoms with E-state index in [1.165, 1.54) is 12.1 Å². The summed E-state index contributed by atoms with van der Waals surface area (Å²) in [6.07, 6.45) is 0.